The molecule has 1 aromatic heterocycles. The van der Waals surface area contributed by atoms with Crippen LogP contribution in [0.4, 0.5) is 0 Å². The number of carbonyl (C=O) groups is 1. The number of ether oxygens (including phenoxy) is 3. The van der Waals surface area contributed by atoms with Crippen LogP contribution in [0.5, 0.6) is 11.5 Å². The SMILES string of the molecule is CCOC(=O)C1=C(C)N=c2s/c(=C\c3cc(Br)ccc3OCc3ccc(C)cc3)c(=O)n2[C@@H]1c1ccc(OC(C)C)cc1. The van der Waals surface area contributed by atoms with Crippen molar-refractivity contribution in [3.8, 4) is 11.5 Å². The molecule has 2 heterocycles. The number of thiazole rings is 1. The Morgan fingerprint density at radius 1 is 1.07 bits per heavy atom. The lowest BCUT2D eigenvalue weighted by molar-refractivity contribution is -0.139. The van der Waals surface area contributed by atoms with Crippen LogP contribution in [-0.4, -0.2) is 23.2 Å². The van der Waals surface area contributed by atoms with E-state index in [-0.39, 0.29) is 18.3 Å². The fourth-order valence-electron chi connectivity index (χ4n) is 4.86. The Labute approximate surface area is 262 Å². The molecule has 9 heteroatoms. The average molecular weight is 662 g/mol. The van der Waals surface area contributed by atoms with Gasteiger partial charge in [-0.3, -0.25) is 9.36 Å². The molecule has 0 aliphatic carbocycles. The summed E-state index contributed by atoms with van der Waals surface area (Å²) < 4.78 is 20.3. The lowest BCUT2D eigenvalue weighted by atomic mass is 9.96. The van der Waals surface area contributed by atoms with Crippen LogP contribution in [0.2, 0.25) is 0 Å². The molecule has 0 saturated heterocycles. The van der Waals surface area contributed by atoms with Crippen molar-refractivity contribution in [3.05, 3.63) is 124 Å². The molecule has 7 nitrogen and oxygen atoms in total. The summed E-state index contributed by atoms with van der Waals surface area (Å²) in [5.74, 6) is 0.858. The van der Waals surface area contributed by atoms with Crippen molar-refractivity contribution >= 4 is 39.3 Å². The second kappa shape index (κ2) is 13.1. The van der Waals surface area contributed by atoms with E-state index in [0.717, 1.165) is 21.2 Å². The largest absolute Gasteiger partial charge is 0.491 e. The van der Waals surface area contributed by atoms with Crippen molar-refractivity contribution in [2.45, 2.75) is 53.4 Å². The minimum atomic E-state index is -0.703. The highest BCUT2D eigenvalue weighted by Crippen LogP contribution is 2.32. The van der Waals surface area contributed by atoms with Gasteiger partial charge in [0.1, 0.15) is 18.1 Å². The zero-order chi connectivity index (χ0) is 30.7. The van der Waals surface area contributed by atoms with Gasteiger partial charge >= 0.3 is 5.97 Å². The highest BCUT2D eigenvalue weighted by Gasteiger charge is 2.33. The molecule has 5 rings (SSSR count). The van der Waals surface area contributed by atoms with E-state index in [0.29, 0.717) is 38.7 Å². The molecule has 0 N–H and O–H groups in total. The summed E-state index contributed by atoms with van der Waals surface area (Å²) in [5.41, 5.74) is 4.33. The summed E-state index contributed by atoms with van der Waals surface area (Å²) in [5, 5.41) is 0. The maximum Gasteiger partial charge on any atom is 0.338 e. The standard InChI is InChI=1S/C34H33BrN2O5S/c1-6-40-33(39)30-22(5)36-34-37(31(30)24-11-14-27(15-12-24)42-20(2)3)32(38)29(43-34)18-25-17-26(35)13-16-28(25)41-19-23-9-7-21(4)8-10-23/h7-18,20,31H,6,19H2,1-5H3/b29-18-/t31-/m1/s1. The van der Waals surface area contributed by atoms with Gasteiger partial charge < -0.3 is 14.2 Å². The van der Waals surface area contributed by atoms with Crippen molar-refractivity contribution in [2.24, 2.45) is 4.99 Å². The van der Waals surface area contributed by atoms with Gasteiger partial charge in [0.25, 0.3) is 5.56 Å². The lowest BCUT2D eigenvalue weighted by Crippen LogP contribution is -2.39. The number of esters is 1. The molecular weight excluding hydrogens is 628 g/mol. The first-order valence-corrected chi connectivity index (χ1v) is 15.7. The highest BCUT2D eigenvalue weighted by molar-refractivity contribution is 9.10. The number of benzene rings is 3. The van der Waals surface area contributed by atoms with E-state index in [4.69, 9.17) is 14.2 Å². The molecule has 0 unspecified atom stereocenters. The summed E-state index contributed by atoms with van der Waals surface area (Å²) in [4.78, 5) is 32.5. The fourth-order valence-corrected chi connectivity index (χ4v) is 6.27. The predicted molar refractivity (Wildman–Crippen MR) is 172 cm³/mol. The summed E-state index contributed by atoms with van der Waals surface area (Å²) in [6, 6.07) is 20.6. The first-order chi connectivity index (χ1) is 20.6. The van der Waals surface area contributed by atoms with Gasteiger partial charge in [-0.2, -0.15) is 0 Å². The van der Waals surface area contributed by atoms with Crippen LogP contribution in [-0.2, 0) is 16.1 Å². The third kappa shape index (κ3) is 6.84. The number of carbonyl (C=O) groups excluding carboxylic acids is 1. The second-order valence-corrected chi connectivity index (χ2v) is 12.4. The molecule has 1 atom stereocenters. The van der Waals surface area contributed by atoms with E-state index in [1.165, 1.54) is 16.9 Å². The summed E-state index contributed by atoms with van der Waals surface area (Å²) in [6.07, 6.45) is 1.84. The van der Waals surface area contributed by atoms with Gasteiger partial charge in [-0.05, 0) is 82.2 Å². The Kier molecular flexibility index (Phi) is 9.32. The smallest absolute Gasteiger partial charge is 0.338 e. The third-order valence-electron chi connectivity index (χ3n) is 6.86. The zero-order valence-corrected chi connectivity index (χ0v) is 27.1. The highest BCUT2D eigenvalue weighted by atomic mass is 79.9. The fraction of sp³-hybridized carbons (Fsp3) is 0.265. The molecule has 0 fully saturated rings. The summed E-state index contributed by atoms with van der Waals surface area (Å²) >= 11 is 4.83. The van der Waals surface area contributed by atoms with E-state index in [1.54, 1.807) is 18.4 Å². The summed E-state index contributed by atoms with van der Waals surface area (Å²) in [7, 11) is 0. The number of hydrogen-bond acceptors (Lipinski definition) is 7. The minimum Gasteiger partial charge on any atom is -0.491 e. The van der Waals surface area contributed by atoms with Crippen molar-refractivity contribution < 1.29 is 19.0 Å². The van der Waals surface area contributed by atoms with Crippen LogP contribution < -0.4 is 24.4 Å². The van der Waals surface area contributed by atoms with E-state index in [9.17, 15) is 9.59 Å². The van der Waals surface area contributed by atoms with Gasteiger partial charge in [0.2, 0.25) is 0 Å². The Bertz CT molecular complexity index is 1850. The molecule has 3 aromatic carbocycles. The number of aromatic nitrogens is 1. The Morgan fingerprint density at radius 2 is 1.79 bits per heavy atom. The maximum absolute atomic E-state index is 14.1. The van der Waals surface area contributed by atoms with Crippen molar-refractivity contribution in [1.29, 1.82) is 0 Å². The topological polar surface area (TPSA) is 79.1 Å². The van der Waals surface area contributed by atoms with E-state index in [1.807, 2.05) is 81.4 Å². The van der Waals surface area contributed by atoms with Crippen LogP contribution in [0.3, 0.4) is 0 Å². The molecule has 0 radical (unpaired) electrons. The molecule has 0 amide bonds. The molecule has 0 spiro atoms. The number of rotatable bonds is 9. The van der Waals surface area contributed by atoms with Gasteiger partial charge in [0, 0.05) is 10.0 Å². The Balaban J connectivity index is 1.59. The van der Waals surface area contributed by atoms with Crippen LogP contribution in [0.15, 0.2) is 92.3 Å². The van der Waals surface area contributed by atoms with Gasteiger partial charge in [-0.25, -0.2) is 9.79 Å². The monoisotopic (exact) mass is 660 g/mol. The van der Waals surface area contributed by atoms with Crippen LogP contribution in [0.25, 0.3) is 6.08 Å². The molecule has 4 aromatic rings. The van der Waals surface area contributed by atoms with Crippen LogP contribution >= 0.6 is 27.3 Å². The maximum atomic E-state index is 14.1. The lowest BCUT2D eigenvalue weighted by Gasteiger charge is -2.25. The van der Waals surface area contributed by atoms with Crippen LogP contribution in [0.1, 0.15) is 56.0 Å². The molecular formula is C34H33BrN2O5S. The minimum absolute atomic E-state index is 0.0181. The number of nitrogens with zero attached hydrogens (tertiary/aromatic N) is 2. The van der Waals surface area contributed by atoms with Gasteiger partial charge in [0.15, 0.2) is 4.80 Å². The number of halogens is 1. The number of hydrogen-bond donors (Lipinski definition) is 0. The quantitative estimate of drug-likeness (QED) is 0.199. The van der Waals surface area contributed by atoms with Gasteiger partial charge in [-0.1, -0.05) is 69.2 Å². The van der Waals surface area contributed by atoms with Gasteiger partial charge in [-0.15, -0.1) is 0 Å². The number of aryl methyl sites for hydroxylation is 1. The second-order valence-electron chi connectivity index (χ2n) is 10.5. The van der Waals surface area contributed by atoms with Crippen LogP contribution in [0, 0.1) is 6.92 Å². The van der Waals surface area contributed by atoms with Gasteiger partial charge in [0.05, 0.1) is 34.6 Å². The van der Waals surface area contributed by atoms with E-state index < -0.39 is 12.0 Å². The Hall–Kier alpha value is -3.95. The van der Waals surface area contributed by atoms with E-state index >= 15 is 0 Å². The molecule has 1 aliphatic rings. The third-order valence-corrected chi connectivity index (χ3v) is 8.33. The first-order valence-electron chi connectivity index (χ1n) is 14.1. The molecule has 43 heavy (non-hydrogen) atoms. The van der Waals surface area contributed by atoms with Crippen molar-refractivity contribution in [1.82, 2.24) is 4.57 Å². The molecule has 222 valence electrons. The molecule has 0 saturated carbocycles. The first kappa shape index (κ1) is 30.5. The van der Waals surface area contributed by atoms with Crippen molar-refractivity contribution in [2.75, 3.05) is 6.61 Å². The molecule has 0 bridgehead atoms. The average Bonchev–Trinajstić information content (AvgIpc) is 3.27. The zero-order valence-electron chi connectivity index (χ0n) is 24.7. The predicted octanol–water partition coefficient (Wildman–Crippen LogP) is 6.24. The number of fused-ring (bicyclic) bond motifs is 1. The molecule has 1 aliphatic heterocycles. The summed E-state index contributed by atoms with van der Waals surface area (Å²) in [6.45, 7) is 10.1. The normalized spacial score (nSPS) is 14.9. The van der Waals surface area contributed by atoms with Crippen molar-refractivity contribution in [3.63, 3.8) is 0 Å². The number of allylic oxidation sites excluding steroid dienone is 1. The van der Waals surface area contributed by atoms with E-state index in [2.05, 4.69) is 33.1 Å². The Morgan fingerprint density at radius 3 is 2.47 bits per heavy atom.